The fraction of sp³-hybridized carbons (Fsp3) is 0.222. The van der Waals surface area contributed by atoms with Crippen LogP contribution in [0, 0.1) is 10.1 Å². The Morgan fingerprint density at radius 1 is 1.44 bits per heavy atom. The predicted molar refractivity (Wildman–Crippen MR) is 54.9 cm³/mol. The highest BCUT2D eigenvalue weighted by Gasteiger charge is 2.23. The van der Waals surface area contributed by atoms with Crippen molar-refractivity contribution in [2.75, 3.05) is 5.32 Å². The van der Waals surface area contributed by atoms with Crippen LogP contribution in [0.4, 0.5) is 11.4 Å². The summed E-state index contributed by atoms with van der Waals surface area (Å²) in [6, 6.07) is 2.74. The van der Waals surface area contributed by atoms with Gasteiger partial charge < -0.3 is 10.2 Å². The third-order valence-electron chi connectivity index (χ3n) is 2.40. The molecule has 0 atom stereocenters. The molecular formula is C9H9N3O4. The number of nitrogens with zero attached hydrogens (tertiary/aromatic N) is 1. The summed E-state index contributed by atoms with van der Waals surface area (Å²) in [5, 5.41) is 13.3. The zero-order valence-electron chi connectivity index (χ0n) is 8.23. The van der Waals surface area contributed by atoms with Crippen LogP contribution in [-0.2, 0) is 11.2 Å². The van der Waals surface area contributed by atoms with Crippen LogP contribution in [0.25, 0.3) is 0 Å². The number of hydrogen-bond acceptors (Lipinski definition) is 5. The lowest BCUT2D eigenvalue weighted by molar-refractivity contribution is -0.385. The zero-order valence-corrected chi connectivity index (χ0v) is 8.23. The molecule has 3 N–H and O–H groups in total. The second kappa shape index (κ2) is 3.78. The van der Waals surface area contributed by atoms with Gasteiger partial charge in [0.15, 0.2) is 0 Å². The lowest BCUT2D eigenvalue weighted by atomic mass is 10.0. The van der Waals surface area contributed by atoms with E-state index in [2.05, 4.69) is 10.2 Å². The van der Waals surface area contributed by atoms with Gasteiger partial charge in [-0.1, -0.05) is 0 Å². The standard InChI is InChI=1S/C9H9N3O4/c10-16-8-3-5-1-2-9(13)11-6(5)4-7(8)12(14)15/h3-4H,1-2,10H2,(H,11,13). The number of carbonyl (C=O) groups excluding carboxylic acids is 1. The Morgan fingerprint density at radius 3 is 2.81 bits per heavy atom. The second-order valence-corrected chi connectivity index (χ2v) is 3.40. The second-order valence-electron chi connectivity index (χ2n) is 3.40. The van der Waals surface area contributed by atoms with E-state index in [9.17, 15) is 14.9 Å². The number of hydrogen-bond donors (Lipinski definition) is 2. The normalized spacial score (nSPS) is 13.9. The molecule has 7 heteroatoms. The van der Waals surface area contributed by atoms with Crippen molar-refractivity contribution in [2.45, 2.75) is 12.8 Å². The van der Waals surface area contributed by atoms with Crippen LogP contribution in [0.1, 0.15) is 12.0 Å². The van der Waals surface area contributed by atoms with E-state index in [1.54, 1.807) is 0 Å². The summed E-state index contributed by atoms with van der Waals surface area (Å²) in [5.74, 6) is 4.81. The minimum absolute atomic E-state index is 0.0000935. The Labute approximate surface area is 90.3 Å². The average molecular weight is 223 g/mol. The molecule has 1 amide bonds. The number of nitrogens with two attached hydrogens (primary N) is 1. The van der Waals surface area contributed by atoms with Gasteiger partial charge >= 0.3 is 5.69 Å². The fourth-order valence-electron chi connectivity index (χ4n) is 1.63. The number of amides is 1. The number of anilines is 1. The molecule has 7 nitrogen and oxygen atoms in total. The SMILES string of the molecule is NOc1cc2c(cc1[N+](=O)[O-])NC(=O)CC2. The highest BCUT2D eigenvalue weighted by molar-refractivity contribution is 5.94. The predicted octanol–water partition coefficient (Wildman–Crippen LogP) is 0.732. The Morgan fingerprint density at radius 2 is 2.19 bits per heavy atom. The molecule has 0 aliphatic carbocycles. The molecule has 1 aromatic carbocycles. The summed E-state index contributed by atoms with van der Waals surface area (Å²) >= 11 is 0. The average Bonchev–Trinajstić information content (AvgIpc) is 2.27. The van der Waals surface area contributed by atoms with Gasteiger partial charge in [0.2, 0.25) is 11.7 Å². The van der Waals surface area contributed by atoms with Gasteiger partial charge in [0, 0.05) is 12.5 Å². The van der Waals surface area contributed by atoms with E-state index < -0.39 is 4.92 Å². The zero-order chi connectivity index (χ0) is 11.7. The van der Waals surface area contributed by atoms with Gasteiger partial charge in [-0.05, 0) is 18.1 Å². The molecule has 1 aliphatic rings. The van der Waals surface area contributed by atoms with Crippen molar-refractivity contribution in [2.24, 2.45) is 5.90 Å². The minimum Gasteiger partial charge on any atom is -0.404 e. The number of benzene rings is 1. The molecule has 2 rings (SSSR count). The third kappa shape index (κ3) is 1.68. The van der Waals surface area contributed by atoms with E-state index in [1.165, 1.54) is 12.1 Å². The summed E-state index contributed by atoms with van der Waals surface area (Å²) in [6.45, 7) is 0. The van der Waals surface area contributed by atoms with Crippen molar-refractivity contribution in [3.05, 3.63) is 27.8 Å². The molecule has 0 saturated heterocycles. The van der Waals surface area contributed by atoms with E-state index in [0.29, 0.717) is 18.5 Å². The van der Waals surface area contributed by atoms with Crippen molar-refractivity contribution >= 4 is 17.3 Å². The lowest BCUT2D eigenvalue weighted by Gasteiger charge is -2.16. The van der Waals surface area contributed by atoms with Crippen LogP contribution >= 0.6 is 0 Å². The maximum Gasteiger partial charge on any atom is 0.315 e. The fourth-order valence-corrected chi connectivity index (χ4v) is 1.63. The summed E-state index contributed by atoms with van der Waals surface area (Å²) in [7, 11) is 0. The molecule has 1 aromatic rings. The van der Waals surface area contributed by atoms with Crippen LogP contribution < -0.4 is 16.1 Å². The van der Waals surface area contributed by atoms with Gasteiger partial charge in [0.1, 0.15) is 0 Å². The number of nitro benzene ring substituents is 1. The first-order valence-corrected chi connectivity index (χ1v) is 4.59. The largest absolute Gasteiger partial charge is 0.404 e. The molecule has 0 bridgehead atoms. The Kier molecular flexibility index (Phi) is 2.45. The maximum atomic E-state index is 11.1. The third-order valence-corrected chi connectivity index (χ3v) is 2.40. The van der Waals surface area contributed by atoms with E-state index in [1.807, 2.05) is 0 Å². The van der Waals surface area contributed by atoms with Crippen molar-refractivity contribution < 1.29 is 14.6 Å². The highest BCUT2D eigenvalue weighted by atomic mass is 16.6. The number of aryl methyl sites for hydroxylation is 1. The number of rotatable bonds is 2. The van der Waals surface area contributed by atoms with Crippen molar-refractivity contribution in [3.8, 4) is 5.75 Å². The molecule has 1 aliphatic heterocycles. The van der Waals surface area contributed by atoms with Gasteiger partial charge in [-0.2, -0.15) is 5.90 Å². The molecule has 1 heterocycles. The van der Waals surface area contributed by atoms with Gasteiger partial charge in [0.05, 0.1) is 10.6 Å². The lowest BCUT2D eigenvalue weighted by Crippen LogP contribution is -2.19. The van der Waals surface area contributed by atoms with Crippen LogP contribution in [0.5, 0.6) is 5.75 Å². The molecule has 0 aromatic heterocycles. The molecule has 0 radical (unpaired) electrons. The topological polar surface area (TPSA) is 107 Å². The Hall–Kier alpha value is -2.15. The number of nitrogens with one attached hydrogen (secondary N) is 1. The van der Waals surface area contributed by atoms with Crippen LogP contribution in [0.15, 0.2) is 12.1 Å². The van der Waals surface area contributed by atoms with Gasteiger partial charge in [0.25, 0.3) is 0 Å². The van der Waals surface area contributed by atoms with E-state index in [0.717, 1.165) is 5.56 Å². The van der Waals surface area contributed by atoms with Crippen molar-refractivity contribution in [1.29, 1.82) is 0 Å². The smallest absolute Gasteiger partial charge is 0.315 e. The quantitative estimate of drug-likeness (QED) is 0.567. The van der Waals surface area contributed by atoms with Crippen molar-refractivity contribution in [1.82, 2.24) is 0 Å². The molecule has 0 unspecified atom stereocenters. The molecule has 84 valence electrons. The summed E-state index contributed by atoms with van der Waals surface area (Å²) in [4.78, 5) is 25.7. The number of nitro groups is 1. The first-order valence-electron chi connectivity index (χ1n) is 4.59. The van der Waals surface area contributed by atoms with Crippen molar-refractivity contribution in [3.63, 3.8) is 0 Å². The molecule has 0 saturated carbocycles. The van der Waals surface area contributed by atoms with Gasteiger partial charge in [-0.25, -0.2) is 0 Å². The highest BCUT2D eigenvalue weighted by Crippen LogP contribution is 2.34. The monoisotopic (exact) mass is 223 g/mol. The van der Waals surface area contributed by atoms with Gasteiger partial charge in [-0.3, -0.25) is 14.9 Å². The number of carbonyl (C=O) groups is 1. The van der Waals surface area contributed by atoms with E-state index >= 15 is 0 Å². The minimum atomic E-state index is -0.608. The Balaban J connectivity index is 2.52. The molecule has 0 fully saturated rings. The van der Waals surface area contributed by atoms with Crippen LogP contribution in [0.2, 0.25) is 0 Å². The summed E-state index contributed by atoms with van der Waals surface area (Å²) < 4.78 is 0. The first kappa shape index (κ1) is 10.4. The first-order chi connectivity index (χ1) is 7.61. The summed E-state index contributed by atoms with van der Waals surface area (Å²) in [6.07, 6.45) is 0.879. The summed E-state index contributed by atoms with van der Waals surface area (Å²) in [5.41, 5.74) is 0.970. The Bertz CT molecular complexity index is 472. The molecule has 0 spiro atoms. The van der Waals surface area contributed by atoms with E-state index in [4.69, 9.17) is 5.90 Å². The maximum absolute atomic E-state index is 11.1. The molecular weight excluding hydrogens is 214 g/mol. The van der Waals surface area contributed by atoms with Crippen LogP contribution in [0.3, 0.4) is 0 Å². The number of fused-ring (bicyclic) bond motifs is 1. The molecule has 16 heavy (non-hydrogen) atoms. The van der Waals surface area contributed by atoms with E-state index in [-0.39, 0.29) is 17.3 Å². The van der Waals surface area contributed by atoms with Gasteiger partial charge in [-0.15, -0.1) is 0 Å². The van der Waals surface area contributed by atoms with Crippen LogP contribution in [-0.4, -0.2) is 10.8 Å².